The van der Waals surface area contributed by atoms with Gasteiger partial charge in [0.15, 0.2) is 6.20 Å². The van der Waals surface area contributed by atoms with Crippen molar-refractivity contribution in [2.24, 2.45) is 0 Å². The maximum atomic E-state index is 8.65. The normalized spacial score (nSPS) is 9.27. The molecule has 4 heteroatoms. The van der Waals surface area contributed by atoms with Crippen molar-refractivity contribution in [2.75, 3.05) is 6.61 Å². The second kappa shape index (κ2) is 5.69. The van der Waals surface area contributed by atoms with Gasteiger partial charge in [-0.15, -0.1) is 0 Å². The van der Waals surface area contributed by atoms with Crippen LogP contribution in [0.5, 0.6) is 0 Å². The first kappa shape index (κ1) is 11.1. The number of aliphatic hydroxyl groups is 1. The van der Waals surface area contributed by atoms with E-state index >= 15 is 0 Å². The summed E-state index contributed by atoms with van der Waals surface area (Å²) in [6, 6.07) is 0. The molecule has 64 valence electrons. The van der Waals surface area contributed by atoms with E-state index in [2.05, 4.69) is 23.1 Å². The van der Waals surface area contributed by atoms with E-state index in [1.807, 2.05) is 0 Å². The first-order valence-corrected chi connectivity index (χ1v) is 4.33. The average molecular weight is 238 g/mol. The summed E-state index contributed by atoms with van der Waals surface area (Å²) in [6.07, 6.45) is 2.83. The Morgan fingerprint density at radius 1 is 1.64 bits per heavy atom. The Morgan fingerprint density at radius 2 is 2.36 bits per heavy atom. The van der Waals surface area contributed by atoms with E-state index < -0.39 is 0 Å². The van der Waals surface area contributed by atoms with E-state index in [-0.39, 0.29) is 23.6 Å². The molecule has 0 saturated heterocycles. The van der Waals surface area contributed by atoms with Crippen LogP contribution in [0.2, 0.25) is 0 Å². The summed E-state index contributed by atoms with van der Waals surface area (Å²) in [4.78, 5) is 0. The van der Waals surface area contributed by atoms with E-state index in [0.717, 1.165) is 13.0 Å². The third-order valence-electron chi connectivity index (χ3n) is 1.43. The van der Waals surface area contributed by atoms with Crippen LogP contribution < -0.4 is 21.5 Å². The molecule has 0 amide bonds. The Labute approximate surface area is 81.3 Å². The predicted molar refractivity (Wildman–Crippen MR) is 41.0 cm³/mol. The Hall–Kier alpha value is 0.0700. The van der Waals surface area contributed by atoms with E-state index in [9.17, 15) is 0 Å². The predicted octanol–water partition coefficient (Wildman–Crippen LogP) is -2.41. The zero-order valence-electron chi connectivity index (χ0n) is 6.46. The van der Waals surface area contributed by atoms with Gasteiger partial charge in [-0.2, -0.15) is 4.57 Å². The van der Waals surface area contributed by atoms with Gasteiger partial charge in [0.2, 0.25) is 5.01 Å². The Bertz CT molecular complexity index is 202. The number of halogens is 1. The topological polar surface area (TPSA) is 24.1 Å². The third kappa shape index (κ3) is 2.89. The third-order valence-corrected chi connectivity index (χ3v) is 2.40. The van der Waals surface area contributed by atoms with Crippen molar-refractivity contribution in [3.05, 3.63) is 16.6 Å². The number of hydrogen-bond acceptors (Lipinski definition) is 2. The second-order valence-corrected chi connectivity index (χ2v) is 3.04. The lowest BCUT2D eigenvalue weighted by Crippen LogP contribution is -3.00. The van der Waals surface area contributed by atoms with Crippen LogP contribution in [0.25, 0.3) is 0 Å². The Kier molecular flexibility index (Phi) is 5.72. The van der Waals surface area contributed by atoms with Gasteiger partial charge < -0.3 is 22.1 Å². The van der Waals surface area contributed by atoms with Crippen molar-refractivity contribution in [2.45, 2.75) is 19.9 Å². The number of rotatable bonds is 3. The minimum Gasteiger partial charge on any atom is -1.00 e. The number of aliphatic hydroxyl groups excluding tert-OH is 1. The van der Waals surface area contributed by atoms with E-state index in [4.69, 9.17) is 5.11 Å². The van der Waals surface area contributed by atoms with Crippen LogP contribution in [0.3, 0.4) is 0 Å². The molecule has 1 N–H and O–H groups in total. The molecule has 0 bridgehead atoms. The Morgan fingerprint density at radius 3 is 2.91 bits per heavy atom. The SMILES string of the molecule is CC[n+]1ccsc1CCO.[Br-]. The number of aromatic nitrogens is 1. The van der Waals surface area contributed by atoms with Gasteiger partial charge in [0.1, 0.15) is 6.54 Å². The van der Waals surface area contributed by atoms with Crippen molar-refractivity contribution < 1.29 is 26.7 Å². The van der Waals surface area contributed by atoms with Crippen molar-refractivity contribution in [3.63, 3.8) is 0 Å². The maximum absolute atomic E-state index is 8.65. The number of hydrogen-bond donors (Lipinski definition) is 1. The lowest BCUT2D eigenvalue weighted by molar-refractivity contribution is -0.695. The van der Waals surface area contributed by atoms with Gasteiger partial charge >= 0.3 is 0 Å². The second-order valence-electron chi connectivity index (χ2n) is 2.06. The molecular formula is C7H12BrNOS. The molecule has 1 heterocycles. The molecule has 1 aromatic heterocycles. The van der Waals surface area contributed by atoms with Crippen molar-refractivity contribution in [1.29, 1.82) is 0 Å². The van der Waals surface area contributed by atoms with E-state index in [1.54, 1.807) is 11.3 Å². The highest BCUT2D eigenvalue weighted by molar-refractivity contribution is 7.09. The van der Waals surface area contributed by atoms with Gasteiger partial charge in [0, 0.05) is 0 Å². The molecule has 0 aliphatic carbocycles. The zero-order chi connectivity index (χ0) is 7.40. The fourth-order valence-electron chi connectivity index (χ4n) is 0.913. The summed E-state index contributed by atoms with van der Waals surface area (Å²) in [5.74, 6) is 0. The maximum Gasteiger partial charge on any atom is 0.239 e. The summed E-state index contributed by atoms with van der Waals surface area (Å²) >= 11 is 1.70. The van der Waals surface area contributed by atoms with Gasteiger partial charge in [-0.1, -0.05) is 11.3 Å². The van der Waals surface area contributed by atoms with E-state index in [1.165, 1.54) is 5.01 Å². The first-order valence-electron chi connectivity index (χ1n) is 3.45. The van der Waals surface area contributed by atoms with Crippen LogP contribution in [0.15, 0.2) is 11.6 Å². The molecule has 2 nitrogen and oxygen atoms in total. The van der Waals surface area contributed by atoms with Gasteiger partial charge in [0.05, 0.1) is 18.4 Å². The number of nitrogens with zero attached hydrogens (tertiary/aromatic N) is 1. The highest BCUT2D eigenvalue weighted by Crippen LogP contribution is 2.01. The standard InChI is InChI=1S/C7H12NOS.BrH/c1-2-8-4-6-10-7(8)3-5-9;/h4,6,9H,2-3,5H2,1H3;1H/q+1;/p-1. The van der Waals surface area contributed by atoms with Crippen LogP contribution >= 0.6 is 11.3 Å². The molecule has 0 aliphatic rings. The highest BCUT2D eigenvalue weighted by Gasteiger charge is 2.07. The summed E-state index contributed by atoms with van der Waals surface area (Å²) in [5, 5.41) is 12.0. The summed E-state index contributed by atoms with van der Waals surface area (Å²) in [6.45, 7) is 3.35. The van der Waals surface area contributed by atoms with Crippen LogP contribution in [0.4, 0.5) is 0 Å². The molecule has 0 radical (unpaired) electrons. The molecule has 1 rings (SSSR count). The summed E-state index contributed by atoms with van der Waals surface area (Å²) in [7, 11) is 0. The van der Waals surface area contributed by atoms with Crippen molar-refractivity contribution >= 4 is 11.3 Å². The molecule has 0 aliphatic heterocycles. The minimum absolute atomic E-state index is 0. The van der Waals surface area contributed by atoms with Crippen LogP contribution in [0, 0.1) is 0 Å². The average Bonchev–Trinajstić information content (AvgIpc) is 2.36. The van der Waals surface area contributed by atoms with Crippen LogP contribution in [0.1, 0.15) is 11.9 Å². The highest BCUT2D eigenvalue weighted by atomic mass is 79.9. The molecule has 0 saturated carbocycles. The van der Waals surface area contributed by atoms with Crippen LogP contribution in [-0.2, 0) is 13.0 Å². The van der Waals surface area contributed by atoms with Crippen molar-refractivity contribution in [1.82, 2.24) is 0 Å². The molecule has 0 unspecified atom stereocenters. The fourth-order valence-corrected chi connectivity index (χ4v) is 1.81. The lowest BCUT2D eigenvalue weighted by Gasteiger charge is -1.90. The molecule has 1 aromatic rings. The van der Waals surface area contributed by atoms with Gasteiger partial charge in [-0.25, -0.2) is 0 Å². The minimum atomic E-state index is 0. The molecule has 0 aromatic carbocycles. The fraction of sp³-hybridized carbons (Fsp3) is 0.571. The number of thiazole rings is 1. The lowest BCUT2D eigenvalue weighted by atomic mass is 10.4. The van der Waals surface area contributed by atoms with E-state index in [0.29, 0.717) is 0 Å². The van der Waals surface area contributed by atoms with Gasteiger partial charge in [0.25, 0.3) is 0 Å². The Balaban J connectivity index is 0.000001000. The van der Waals surface area contributed by atoms with Gasteiger partial charge in [-0.05, 0) is 6.92 Å². The summed E-state index contributed by atoms with van der Waals surface area (Å²) < 4.78 is 2.15. The molecular weight excluding hydrogens is 226 g/mol. The molecule has 0 fully saturated rings. The van der Waals surface area contributed by atoms with Gasteiger partial charge in [-0.3, -0.25) is 0 Å². The first-order chi connectivity index (χ1) is 4.88. The quantitative estimate of drug-likeness (QED) is 0.583. The molecule has 11 heavy (non-hydrogen) atoms. The number of aryl methyl sites for hydroxylation is 1. The molecule has 0 spiro atoms. The molecule has 0 atom stereocenters. The smallest absolute Gasteiger partial charge is 0.239 e. The van der Waals surface area contributed by atoms with Crippen molar-refractivity contribution in [3.8, 4) is 0 Å². The zero-order valence-corrected chi connectivity index (χ0v) is 8.86. The largest absolute Gasteiger partial charge is 1.00 e. The van der Waals surface area contributed by atoms with Crippen LogP contribution in [-0.4, -0.2) is 11.7 Å². The monoisotopic (exact) mass is 237 g/mol. The summed E-state index contributed by atoms with van der Waals surface area (Å²) in [5.41, 5.74) is 0.